The molecule has 1 amide bonds. The van der Waals surface area contributed by atoms with Gasteiger partial charge in [-0.25, -0.2) is 13.4 Å². The van der Waals surface area contributed by atoms with Crippen molar-refractivity contribution in [2.75, 3.05) is 18.8 Å². The minimum absolute atomic E-state index is 0.0840. The topological polar surface area (TPSA) is 89.3 Å². The summed E-state index contributed by atoms with van der Waals surface area (Å²) in [6.45, 7) is 2.04. The second-order valence-corrected chi connectivity index (χ2v) is 8.74. The van der Waals surface area contributed by atoms with Crippen LogP contribution in [0, 0.1) is 6.92 Å². The molecule has 1 aliphatic heterocycles. The molecule has 2 heterocycles. The van der Waals surface area contributed by atoms with E-state index in [1.54, 1.807) is 19.1 Å². The van der Waals surface area contributed by atoms with E-state index in [1.807, 2.05) is 18.2 Å². The Hall–Kier alpha value is -2.48. The summed E-state index contributed by atoms with van der Waals surface area (Å²) in [6.07, 6.45) is 1.69. The lowest BCUT2D eigenvalue weighted by Gasteiger charge is -2.20. The summed E-state index contributed by atoms with van der Waals surface area (Å²) in [6, 6.07) is 10.4. The molecule has 0 N–H and O–H groups in total. The maximum Gasteiger partial charge on any atom is 0.253 e. The van der Waals surface area contributed by atoms with Gasteiger partial charge in [0.25, 0.3) is 5.56 Å². The number of aromatic nitrogens is 2. The molecule has 1 atom stereocenters. The summed E-state index contributed by atoms with van der Waals surface area (Å²) < 4.78 is 26.5. The van der Waals surface area contributed by atoms with E-state index in [0.29, 0.717) is 18.7 Å². The van der Waals surface area contributed by atoms with Crippen molar-refractivity contribution >= 4 is 15.7 Å². The Balaban J connectivity index is 1.75. The molecule has 8 heteroatoms. The predicted molar refractivity (Wildman–Crippen MR) is 97.4 cm³/mol. The molecule has 1 unspecified atom stereocenters. The second-order valence-electron chi connectivity index (χ2n) is 6.43. The number of aryl methyl sites for hydroxylation is 1. The lowest BCUT2D eigenvalue weighted by molar-refractivity contribution is -0.131. The van der Waals surface area contributed by atoms with Crippen LogP contribution in [0.4, 0.5) is 0 Å². The Morgan fingerprint density at radius 1 is 1.23 bits per heavy atom. The third-order valence-corrected chi connectivity index (χ3v) is 6.71. The smallest absolute Gasteiger partial charge is 0.253 e. The van der Waals surface area contributed by atoms with Crippen molar-refractivity contribution in [1.82, 2.24) is 14.5 Å². The number of sulfone groups is 1. The Morgan fingerprint density at radius 2 is 1.96 bits per heavy atom. The summed E-state index contributed by atoms with van der Waals surface area (Å²) in [5.74, 6) is -0.360. The van der Waals surface area contributed by atoms with Crippen molar-refractivity contribution in [3.05, 3.63) is 64.3 Å². The van der Waals surface area contributed by atoms with Crippen molar-refractivity contribution < 1.29 is 13.2 Å². The molecule has 3 rings (SSSR count). The molecule has 0 bridgehead atoms. The SMILES string of the molecule is Cc1cc(=O)n(CC(=O)N2CCC(c3ccccc3)S(=O)(=O)CC2)cn1. The van der Waals surface area contributed by atoms with Gasteiger partial charge < -0.3 is 4.90 Å². The number of rotatable bonds is 3. The van der Waals surface area contributed by atoms with Crippen LogP contribution >= 0.6 is 0 Å². The molecule has 1 aromatic heterocycles. The number of amides is 1. The first-order chi connectivity index (χ1) is 12.4. The molecule has 1 saturated heterocycles. The molecule has 2 aromatic rings. The van der Waals surface area contributed by atoms with Gasteiger partial charge in [0.15, 0.2) is 9.84 Å². The number of nitrogens with zero attached hydrogens (tertiary/aromatic N) is 3. The minimum atomic E-state index is -3.34. The van der Waals surface area contributed by atoms with Gasteiger partial charge in [-0.15, -0.1) is 0 Å². The summed E-state index contributed by atoms with van der Waals surface area (Å²) in [5.41, 5.74) is 1.04. The molecule has 0 saturated carbocycles. The molecule has 0 spiro atoms. The summed E-state index contributed by atoms with van der Waals surface area (Å²) in [5, 5.41) is -0.606. The zero-order chi connectivity index (χ0) is 18.7. The Morgan fingerprint density at radius 3 is 2.65 bits per heavy atom. The maximum absolute atomic E-state index is 12.6. The van der Waals surface area contributed by atoms with Gasteiger partial charge in [-0.1, -0.05) is 30.3 Å². The van der Waals surface area contributed by atoms with Gasteiger partial charge in [0.05, 0.1) is 17.3 Å². The molecule has 0 radical (unpaired) electrons. The van der Waals surface area contributed by atoms with Crippen LogP contribution in [-0.2, 0) is 21.2 Å². The zero-order valence-corrected chi connectivity index (χ0v) is 15.4. The quantitative estimate of drug-likeness (QED) is 0.797. The highest BCUT2D eigenvalue weighted by molar-refractivity contribution is 7.91. The maximum atomic E-state index is 12.6. The van der Waals surface area contributed by atoms with E-state index in [4.69, 9.17) is 0 Å². The molecule has 1 aromatic carbocycles. The summed E-state index contributed by atoms with van der Waals surface area (Å²) in [7, 11) is -3.34. The lowest BCUT2D eigenvalue weighted by atomic mass is 10.1. The molecule has 138 valence electrons. The number of benzene rings is 1. The van der Waals surface area contributed by atoms with Crippen LogP contribution in [0.3, 0.4) is 0 Å². The molecular weight excluding hydrogens is 354 g/mol. The number of carbonyl (C=O) groups is 1. The van der Waals surface area contributed by atoms with Crippen LogP contribution in [0.15, 0.2) is 47.5 Å². The van der Waals surface area contributed by atoms with Crippen molar-refractivity contribution in [3.63, 3.8) is 0 Å². The van der Waals surface area contributed by atoms with E-state index >= 15 is 0 Å². The van der Waals surface area contributed by atoms with Crippen LogP contribution in [0.5, 0.6) is 0 Å². The number of hydrogen-bond donors (Lipinski definition) is 0. The van der Waals surface area contributed by atoms with Gasteiger partial charge in [0, 0.05) is 24.8 Å². The fourth-order valence-corrected chi connectivity index (χ4v) is 4.91. The third-order valence-electron chi connectivity index (χ3n) is 4.59. The highest BCUT2D eigenvalue weighted by atomic mass is 32.2. The lowest BCUT2D eigenvalue weighted by Crippen LogP contribution is -2.38. The summed E-state index contributed by atoms with van der Waals surface area (Å²) in [4.78, 5) is 30.0. The molecular formula is C18H21N3O4S. The van der Waals surface area contributed by atoms with E-state index in [2.05, 4.69) is 4.98 Å². The minimum Gasteiger partial charge on any atom is -0.340 e. The Kier molecular flexibility index (Phi) is 5.22. The number of carbonyl (C=O) groups excluding carboxylic acids is 1. The predicted octanol–water partition coefficient (Wildman–Crippen LogP) is 0.940. The Bertz CT molecular complexity index is 954. The van der Waals surface area contributed by atoms with Gasteiger partial charge in [-0.2, -0.15) is 0 Å². The molecule has 26 heavy (non-hydrogen) atoms. The molecule has 1 aliphatic rings. The van der Waals surface area contributed by atoms with Gasteiger partial charge in [0.2, 0.25) is 5.91 Å². The van der Waals surface area contributed by atoms with Crippen molar-refractivity contribution in [3.8, 4) is 0 Å². The standard InChI is InChI=1S/C18H21N3O4S/c1-14-11-17(22)21(13-19-14)12-18(23)20-8-7-16(26(24,25)10-9-20)15-5-3-2-4-6-15/h2-6,11,13,16H,7-10,12H2,1H3. The van der Waals surface area contributed by atoms with Crippen molar-refractivity contribution in [2.24, 2.45) is 0 Å². The monoisotopic (exact) mass is 375 g/mol. The first-order valence-corrected chi connectivity index (χ1v) is 10.2. The van der Waals surface area contributed by atoms with E-state index in [1.165, 1.54) is 21.9 Å². The molecule has 0 aliphatic carbocycles. The fraction of sp³-hybridized carbons (Fsp3) is 0.389. The first kappa shape index (κ1) is 18.3. The largest absolute Gasteiger partial charge is 0.340 e. The van der Waals surface area contributed by atoms with E-state index in [-0.39, 0.29) is 30.3 Å². The highest BCUT2D eigenvalue weighted by Gasteiger charge is 2.32. The average molecular weight is 375 g/mol. The van der Waals surface area contributed by atoms with E-state index in [9.17, 15) is 18.0 Å². The summed E-state index contributed by atoms with van der Waals surface area (Å²) >= 11 is 0. The number of hydrogen-bond acceptors (Lipinski definition) is 5. The normalized spacial score (nSPS) is 19.7. The van der Waals surface area contributed by atoms with Crippen LogP contribution in [0.1, 0.15) is 22.9 Å². The van der Waals surface area contributed by atoms with Gasteiger partial charge in [-0.3, -0.25) is 14.2 Å². The van der Waals surface area contributed by atoms with E-state index in [0.717, 1.165) is 5.56 Å². The van der Waals surface area contributed by atoms with Crippen LogP contribution in [-0.4, -0.2) is 47.6 Å². The third kappa shape index (κ3) is 4.01. The fourth-order valence-electron chi connectivity index (χ4n) is 3.12. The molecule has 1 fully saturated rings. The van der Waals surface area contributed by atoms with E-state index < -0.39 is 15.1 Å². The van der Waals surface area contributed by atoms with Crippen molar-refractivity contribution in [2.45, 2.75) is 25.1 Å². The first-order valence-electron chi connectivity index (χ1n) is 8.44. The van der Waals surface area contributed by atoms with Crippen LogP contribution in [0.2, 0.25) is 0 Å². The highest BCUT2D eigenvalue weighted by Crippen LogP contribution is 2.29. The van der Waals surface area contributed by atoms with Gasteiger partial charge in [-0.05, 0) is 18.9 Å². The molecule has 7 nitrogen and oxygen atoms in total. The Labute approximate surface area is 152 Å². The van der Waals surface area contributed by atoms with Gasteiger partial charge in [0.1, 0.15) is 6.54 Å². The van der Waals surface area contributed by atoms with Crippen LogP contribution in [0.25, 0.3) is 0 Å². The zero-order valence-electron chi connectivity index (χ0n) is 14.5. The van der Waals surface area contributed by atoms with Crippen molar-refractivity contribution in [1.29, 1.82) is 0 Å². The van der Waals surface area contributed by atoms with Crippen LogP contribution < -0.4 is 5.56 Å². The average Bonchev–Trinajstić information content (AvgIpc) is 2.76. The van der Waals surface area contributed by atoms with Gasteiger partial charge >= 0.3 is 0 Å². The second kappa shape index (κ2) is 7.41.